The number of rotatable bonds is 7. The van der Waals surface area contributed by atoms with Gasteiger partial charge in [-0.05, 0) is 56.9 Å². The zero-order valence-electron chi connectivity index (χ0n) is 19.7. The normalized spacial score (nSPS) is 11.9. The van der Waals surface area contributed by atoms with Crippen LogP contribution in [-0.2, 0) is 20.9 Å². The van der Waals surface area contributed by atoms with E-state index in [1.54, 1.807) is 27.8 Å². The number of ether oxygens (including phenoxy) is 1. The van der Waals surface area contributed by atoms with Crippen molar-refractivity contribution in [3.05, 3.63) is 70.8 Å². The first-order valence-electron chi connectivity index (χ1n) is 10.6. The molecule has 2 rings (SSSR count). The van der Waals surface area contributed by atoms with E-state index in [4.69, 9.17) is 4.74 Å². The number of amides is 3. The molecule has 2 aromatic carbocycles. The highest BCUT2D eigenvalue weighted by Crippen LogP contribution is 2.25. The van der Waals surface area contributed by atoms with E-state index in [1.165, 1.54) is 4.90 Å². The van der Waals surface area contributed by atoms with Crippen LogP contribution in [0.1, 0.15) is 49.1 Å². The van der Waals surface area contributed by atoms with Crippen LogP contribution in [0.3, 0.4) is 0 Å². The predicted molar refractivity (Wildman–Crippen MR) is 124 cm³/mol. The highest BCUT2D eigenvalue weighted by Gasteiger charge is 2.30. The zero-order chi connectivity index (χ0) is 23.9. The van der Waals surface area contributed by atoms with Crippen molar-refractivity contribution in [2.75, 3.05) is 13.6 Å². The Kier molecular flexibility index (Phi) is 8.41. The zero-order valence-corrected chi connectivity index (χ0v) is 19.7. The van der Waals surface area contributed by atoms with E-state index in [-0.39, 0.29) is 12.5 Å². The van der Waals surface area contributed by atoms with Crippen LogP contribution < -0.4 is 10.6 Å². The number of aryl methyl sites for hydroxylation is 1. The largest absolute Gasteiger partial charge is 0.444 e. The summed E-state index contributed by atoms with van der Waals surface area (Å²) < 4.78 is 5.18. The fraction of sp³-hybridized carbons (Fsp3) is 0.400. The Morgan fingerprint density at radius 2 is 1.62 bits per heavy atom. The molecule has 0 aliphatic heterocycles. The molecular formula is C25H33N3O4. The van der Waals surface area contributed by atoms with Crippen molar-refractivity contribution < 1.29 is 19.1 Å². The van der Waals surface area contributed by atoms with Crippen LogP contribution >= 0.6 is 0 Å². The second kappa shape index (κ2) is 10.8. The van der Waals surface area contributed by atoms with Gasteiger partial charge < -0.3 is 20.3 Å². The van der Waals surface area contributed by atoms with E-state index >= 15 is 0 Å². The molecule has 1 atom stereocenters. The van der Waals surface area contributed by atoms with Gasteiger partial charge in [-0.1, -0.05) is 48.5 Å². The molecule has 0 saturated carbocycles. The van der Waals surface area contributed by atoms with Gasteiger partial charge >= 0.3 is 6.09 Å². The van der Waals surface area contributed by atoms with Gasteiger partial charge in [0.25, 0.3) is 0 Å². The van der Waals surface area contributed by atoms with Crippen LogP contribution in [0.4, 0.5) is 4.79 Å². The van der Waals surface area contributed by atoms with Gasteiger partial charge in [-0.2, -0.15) is 0 Å². The summed E-state index contributed by atoms with van der Waals surface area (Å²) in [6.07, 6.45) is -0.684. The van der Waals surface area contributed by atoms with E-state index in [2.05, 4.69) is 10.6 Å². The molecule has 2 N–H and O–H groups in total. The topological polar surface area (TPSA) is 87.7 Å². The average Bonchev–Trinajstić information content (AvgIpc) is 2.73. The summed E-state index contributed by atoms with van der Waals surface area (Å²) in [6, 6.07) is 14.4. The van der Waals surface area contributed by atoms with Crippen molar-refractivity contribution in [3.8, 4) is 0 Å². The summed E-state index contributed by atoms with van der Waals surface area (Å²) in [5.41, 5.74) is 2.99. The second-order valence-corrected chi connectivity index (χ2v) is 8.76. The maximum absolute atomic E-state index is 13.2. The molecule has 0 fully saturated rings. The maximum Gasteiger partial charge on any atom is 0.408 e. The van der Waals surface area contributed by atoms with Crippen molar-refractivity contribution >= 4 is 17.9 Å². The summed E-state index contributed by atoms with van der Waals surface area (Å²) >= 11 is 0. The Hall–Kier alpha value is -3.35. The number of hydrogen-bond donors (Lipinski definition) is 2. The molecule has 0 bridgehead atoms. The Bertz CT molecular complexity index is 951. The smallest absolute Gasteiger partial charge is 0.408 e. The summed E-state index contributed by atoms with van der Waals surface area (Å²) in [5.74, 6) is -0.702. The minimum absolute atomic E-state index is 0.279. The first-order valence-corrected chi connectivity index (χ1v) is 10.6. The minimum Gasteiger partial charge on any atom is -0.444 e. The van der Waals surface area contributed by atoms with Gasteiger partial charge in [0, 0.05) is 13.6 Å². The molecule has 1 unspecified atom stereocenters. The van der Waals surface area contributed by atoms with Gasteiger partial charge in [0.1, 0.15) is 18.2 Å². The van der Waals surface area contributed by atoms with Crippen molar-refractivity contribution in [2.45, 2.75) is 52.8 Å². The lowest BCUT2D eigenvalue weighted by molar-refractivity contribution is -0.138. The summed E-state index contributed by atoms with van der Waals surface area (Å²) in [6.45, 7) is 9.19. The molecule has 7 heteroatoms. The number of benzene rings is 2. The van der Waals surface area contributed by atoms with E-state index < -0.39 is 23.6 Å². The van der Waals surface area contributed by atoms with Crippen molar-refractivity contribution in [1.82, 2.24) is 15.5 Å². The third kappa shape index (κ3) is 7.11. The Balaban J connectivity index is 2.19. The van der Waals surface area contributed by atoms with E-state index in [1.807, 2.05) is 62.4 Å². The fourth-order valence-electron chi connectivity index (χ4n) is 3.21. The monoisotopic (exact) mass is 439 g/mol. The number of carbonyl (C=O) groups is 3. The van der Waals surface area contributed by atoms with Crippen LogP contribution in [0.25, 0.3) is 0 Å². The van der Waals surface area contributed by atoms with Gasteiger partial charge in [0.2, 0.25) is 11.8 Å². The van der Waals surface area contributed by atoms with E-state index in [0.717, 1.165) is 22.3 Å². The first-order chi connectivity index (χ1) is 15.0. The number of carbonyl (C=O) groups excluding carboxylic acids is 3. The quantitative estimate of drug-likeness (QED) is 0.689. The molecule has 0 saturated heterocycles. The first kappa shape index (κ1) is 24.9. The number of nitrogens with one attached hydrogen (secondary N) is 2. The molecular weight excluding hydrogens is 406 g/mol. The third-order valence-electron chi connectivity index (χ3n) is 5.06. The Labute approximate surface area is 190 Å². The average molecular weight is 440 g/mol. The molecule has 7 nitrogen and oxygen atoms in total. The molecule has 3 amide bonds. The van der Waals surface area contributed by atoms with Gasteiger partial charge in [-0.3, -0.25) is 9.59 Å². The molecule has 0 spiro atoms. The van der Waals surface area contributed by atoms with E-state index in [9.17, 15) is 14.4 Å². The lowest BCUT2D eigenvalue weighted by Gasteiger charge is -2.29. The van der Waals surface area contributed by atoms with Crippen molar-refractivity contribution in [3.63, 3.8) is 0 Å². The van der Waals surface area contributed by atoms with Crippen LogP contribution in [0, 0.1) is 13.8 Å². The van der Waals surface area contributed by atoms with Gasteiger partial charge in [0.05, 0.1) is 0 Å². The number of alkyl carbamates (subject to hydrolysis) is 1. The third-order valence-corrected chi connectivity index (χ3v) is 5.06. The van der Waals surface area contributed by atoms with Gasteiger partial charge in [0.15, 0.2) is 0 Å². The SMILES string of the molecule is Cc1cccc(C(C(=O)NCc2ccccc2)N(C)C(=O)CNC(=O)OC(C)(C)C)c1C. The molecule has 0 radical (unpaired) electrons. The maximum atomic E-state index is 13.2. The molecule has 0 aliphatic rings. The molecule has 0 aromatic heterocycles. The van der Waals surface area contributed by atoms with Gasteiger partial charge in [-0.25, -0.2) is 4.79 Å². The minimum atomic E-state index is -0.841. The summed E-state index contributed by atoms with van der Waals surface area (Å²) in [5, 5.41) is 5.40. The second-order valence-electron chi connectivity index (χ2n) is 8.76. The molecule has 0 heterocycles. The Morgan fingerprint density at radius 3 is 2.25 bits per heavy atom. The number of nitrogens with zero attached hydrogens (tertiary/aromatic N) is 1. The van der Waals surface area contributed by atoms with Crippen LogP contribution in [0.5, 0.6) is 0 Å². The number of hydrogen-bond acceptors (Lipinski definition) is 4. The van der Waals surface area contributed by atoms with Crippen LogP contribution in [-0.4, -0.2) is 42.0 Å². The van der Waals surface area contributed by atoms with Crippen LogP contribution in [0.15, 0.2) is 48.5 Å². The predicted octanol–water partition coefficient (Wildman–Crippen LogP) is 3.64. The number of likely N-dealkylation sites (N-methyl/N-ethyl adjacent to an activating group) is 1. The fourth-order valence-corrected chi connectivity index (χ4v) is 3.21. The Morgan fingerprint density at radius 1 is 0.969 bits per heavy atom. The van der Waals surface area contributed by atoms with Crippen LogP contribution in [0.2, 0.25) is 0 Å². The van der Waals surface area contributed by atoms with E-state index in [0.29, 0.717) is 6.54 Å². The molecule has 172 valence electrons. The van der Waals surface area contributed by atoms with Crippen molar-refractivity contribution in [2.24, 2.45) is 0 Å². The molecule has 2 aromatic rings. The summed E-state index contributed by atoms with van der Waals surface area (Å²) in [4.78, 5) is 39.4. The van der Waals surface area contributed by atoms with Crippen molar-refractivity contribution in [1.29, 1.82) is 0 Å². The molecule has 32 heavy (non-hydrogen) atoms. The lowest BCUT2D eigenvalue weighted by Crippen LogP contribution is -2.46. The summed E-state index contributed by atoms with van der Waals surface area (Å²) in [7, 11) is 1.56. The highest BCUT2D eigenvalue weighted by molar-refractivity contribution is 5.90. The standard InChI is InChI=1S/C25H33N3O4/c1-17-11-10-14-20(18(17)2)22(23(30)26-15-19-12-8-7-9-13-19)28(6)21(29)16-27-24(31)32-25(3,4)5/h7-14,22H,15-16H2,1-6H3,(H,26,30)(H,27,31). The highest BCUT2D eigenvalue weighted by atomic mass is 16.6. The molecule has 0 aliphatic carbocycles. The lowest BCUT2D eigenvalue weighted by atomic mass is 9.95. The van der Waals surface area contributed by atoms with Gasteiger partial charge in [-0.15, -0.1) is 0 Å².